The molecule has 0 radical (unpaired) electrons. The average Bonchev–Trinajstić information content (AvgIpc) is 2.51. The highest BCUT2D eigenvalue weighted by Gasteiger charge is 2.14. The maximum atomic E-state index is 10.7. The van der Waals surface area contributed by atoms with Gasteiger partial charge in [0.25, 0.3) is 0 Å². The molecule has 12 heavy (non-hydrogen) atoms. The second-order valence-corrected chi connectivity index (χ2v) is 2.57. The van der Waals surface area contributed by atoms with Crippen LogP contribution in [-0.2, 0) is 4.79 Å². The van der Waals surface area contributed by atoms with Crippen LogP contribution in [0.3, 0.4) is 0 Å². The van der Waals surface area contributed by atoms with Gasteiger partial charge in [-0.3, -0.25) is 4.79 Å². The average molecular weight is 187 g/mol. The minimum absolute atomic E-state index is 0.140. The lowest BCUT2D eigenvalue weighted by Crippen LogP contribution is -2.28. The van der Waals surface area contributed by atoms with Gasteiger partial charge < -0.3 is 5.32 Å². The van der Waals surface area contributed by atoms with Gasteiger partial charge in [0.2, 0.25) is 5.91 Å². The summed E-state index contributed by atoms with van der Waals surface area (Å²) in [6, 6.07) is -0.274. The first-order valence-corrected chi connectivity index (χ1v) is 3.98. The van der Waals surface area contributed by atoms with Crippen molar-refractivity contribution >= 4 is 18.5 Å². The number of thiol groups is 1. The lowest BCUT2D eigenvalue weighted by molar-refractivity contribution is -0.119. The van der Waals surface area contributed by atoms with Crippen LogP contribution in [0, 0.1) is 0 Å². The first kappa shape index (κ1) is 8.98. The highest BCUT2D eigenvalue weighted by molar-refractivity contribution is 7.80. The fraction of sp³-hybridized carbons (Fsp3) is 0.600. The van der Waals surface area contributed by atoms with Crippen LogP contribution in [0.2, 0.25) is 0 Å². The van der Waals surface area contributed by atoms with Gasteiger partial charge in [0, 0.05) is 12.7 Å². The third kappa shape index (κ3) is 2.19. The minimum atomic E-state index is -0.274. The molecule has 0 aliphatic carbocycles. The van der Waals surface area contributed by atoms with E-state index in [0.29, 0.717) is 11.6 Å². The monoisotopic (exact) mass is 187 g/mol. The largest absolute Gasteiger partial charge is 0.345 e. The van der Waals surface area contributed by atoms with Gasteiger partial charge in [-0.25, -0.2) is 0 Å². The third-order valence-electron chi connectivity index (χ3n) is 1.23. The normalized spacial score (nSPS) is 12.5. The number of carbonyl (C=O) groups is 1. The Morgan fingerprint density at radius 2 is 2.58 bits per heavy atom. The summed E-state index contributed by atoms with van der Waals surface area (Å²) >= 11 is 4.04. The summed E-state index contributed by atoms with van der Waals surface area (Å²) in [5, 5.41) is 15.8. The van der Waals surface area contributed by atoms with E-state index >= 15 is 0 Å². The molecule has 0 aliphatic rings. The molecule has 1 aromatic heterocycles. The Morgan fingerprint density at radius 1 is 1.83 bits per heavy atom. The number of tetrazole rings is 1. The summed E-state index contributed by atoms with van der Waals surface area (Å²) in [6.45, 7) is 1.43. The van der Waals surface area contributed by atoms with Crippen LogP contribution in [0.5, 0.6) is 0 Å². The Labute approximate surface area is 74.5 Å². The molecule has 0 aliphatic heterocycles. The molecule has 6 nitrogen and oxygen atoms in total. The number of aromatic nitrogens is 4. The summed E-state index contributed by atoms with van der Waals surface area (Å²) < 4.78 is 0. The highest BCUT2D eigenvalue weighted by Crippen LogP contribution is 2.06. The molecule has 1 heterocycles. The van der Waals surface area contributed by atoms with Crippen LogP contribution in [0.1, 0.15) is 18.8 Å². The molecular formula is C5H9N5OS. The van der Waals surface area contributed by atoms with E-state index in [2.05, 4.69) is 38.6 Å². The van der Waals surface area contributed by atoms with Gasteiger partial charge in [0.1, 0.15) is 6.04 Å². The van der Waals surface area contributed by atoms with Crippen molar-refractivity contribution in [2.45, 2.75) is 13.0 Å². The predicted octanol–water partition coefficient (Wildman–Crippen LogP) is -0.693. The van der Waals surface area contributed by atoms with Gasteiger partial charge in [-0.05, 0) is 0 Å². The molecule has 0 saturated heterocycles. The second-order valence-electron chi connectivity index (χ2n) is 2.21. The number of aromatic amines is 1. The Balaban J connectivity index is 2.63. The molecule has 0 unspecified atom stereocenters. The summed E-state index contributed by atoms with van der Waals surface area (Å²) in [5.41, 5.74) is 0. The smallest absolute Gasteiger partial charge is 0.217 e. The number of carbonyl (C=O) groups excluding carboxylic acids is 1. The highest BCUT2D eigenvalue weighted by atomic mass is 32.1. The molecule has 0 aromatic carbocycles. The molecule has 0 bridgehead atoms. The van der Waals surface area contributed by atoms with Crippen molar-refractivity contribution in [1.29, 1.82) is 0 Å². The number of nitrogens with zero attached hydrogens (tertiary/aromatic N) is 3. The Hall–Kier alpha value is -1.11. The zero-order chi connectivity index (χ0) is 8.97. The van der Waals surface area contributed by atoms with E-state index in [9.17, 15) is 4.79 Å². The molecule has 1 aromatic rings. The van der Waals surface area contributed by atoms with Crippen LogP contribution in [0.15, 0.2) is 0 Å². The van der Waals surface area contributed by atoms with Gasteiger partial charge >= 0.3 is 0 Å². The van der Waals surface area contributed by atoms with Crippen LogP contribution in [0.4, 0.5) is 0 Å². The van der Waals surface area contributed by atoms with Crippen molar-refractivity contribution in [3.8, 4) is 0 Å². The number of H-pyrrole nitrogens is 1. The first-order chi connectivity index (χ1) is 5.74. The lowest BCUT2D eigenvalue weighted by atomic mass is 10.3. The van der Waals surface area contributed by atoms with Crippen molar-refractivity contribution < 1.29 is 4.79 Å². The predicted molar refractivity (Wildman–Crippen MR) is 44.6 cm³/mol. The van der Waals surface area contributed by atoms with E-state index in [1.807, 2.05) is 0 Å². The number of hydrogen-bond acceptors (Lipinski definition) is 5. The quantitative estimate of drug-likeness (QED) is 0.547. The minimum Gasteiger partial charge on any atom is -0.345 e. The maximum Gasteiger partial charge on any atom is 0.217 e. The van der Waals surface area contributed by atoms with Crippen LogP contribution in [-0.4, -0.2) is 32.3 Å². The summed E-state index contributed by atoms with van der Waals surface area (Å²) in [4.78, 5) is 10.7. The lowest BCUT2D eigenvalue weighted by Gasteiger charge is -2.09. The Bertz CT molecular complexity index is 248. The molecule has 0 fully saturated rings. The fourth-order valence-electron chi connectivity index (χ4n) is 0.754. The molecule has 1 atom stereocenters. The SMILES string of the molecule is CC(=O)N[C@@H](CS)c1nn[nH]n1. The third-order valence-corrected chi connectivity index (χ3v) is 1.60. The van der Waals surface area contributed by atoms with Gasteiger partial charge in [-0.1, -0.05) is 5.21 Å². The van der Waals surface area contributed by atoms with Gasteiger partial charge in [0.05, 0.1) is 0 Å². The van der Waals surface area contributed by atoms with Crippen LogP contribution >= 0.6 is 12.6 Å². The molecule has 1 rings (SSSR count). The van der Waals surface area contributed by atoms with E-state index in [1.54, 1.807) is 0 Å². The molecule has 2 N–H and O–H groups in total. The van der Waals surface area contributed by atoms with Gasteiger partial charge in [-0.15, -0.1) is 10.2 Å². The Kier molecular flexibility index (Phi) is 3.03. The van der Waals surface area contributed by atoms with Crippen molar-refractivity contribution in [3.63, 3.8) is 0 Å². The van der Waals surface area contributed by atoms with E-state index in [1.165, 1.54) is 6.92 Å². The van der Waals surface area contributed by atoms with Crippen molar-refractivity contribution in [3.05, 3.63) is 5.82 Å². The van der Waals surface area contributed by atoms with Gasteiger partial charge in [0.15, 0.2) is 5.82 Å². The standard InChI is InChI=1S/C5H9N5OS/c1-3(11)6-4(2-12)5-7-9-10-8-5/h4,12H,2H2,1H3,(H,6,11)(H,7,8,9,10)/t4-/m0/s1. The number of nitrogens with one attached hydrogen (secondary N) is 2. The first-order valence-electron chi connectivity index (χ1n) is 3.35. The maximum absolute atomic E-state index is 10.7. The van der Waals surface area contributed by atoms with E-state index < -0.39 is 0 Å². The number of amides is 1. The second kappa shape index (κ2) is 4.05. The van der Waals surface area contributed by atoms with Crippen molar-refractivity contribution in [2.75, 3.05) is 5.75 Å². The molecule has 0 spiro atoms. The molecular weight excluding hydrogens is 178 g/mol. The Morgan fingerprint density at radius 3 is 3.00 bits per heavy atom. The molecule has 1 amide bonds. The summed E-state index contributed by atoms with van der Waals surface area (Å²) in [5.74, 6) is 0.748. The van der Waals surface area contributed by atoms with E-state index in [-0.39, 0.29) is 11.9 Å². The molecule has 7 heteroatoms. The zero-order valence-electron chi connectivity index (χ0n) is 6.48. The fourth-order valence-corrected chi connectivity index (χ4v) is 1.01. The van der Waals surface area contributed by atoms with E-state index in [4.69, 9.17) is 0 Å². The summed E-state index contributed by atoms with van der Waals surface area (Å²) in [7, 11) is 0. The van der Waals surface area contributed by atoms with Gasteiger partial charge in [-0.2, -0.15) is 17.8 Å². The summed E-state index contributed by atoms with van der Waals surface area (Å²) in [6.07, 6.45) is 0. The molecule has 0 saturated carbocycles. The molecule has 66 valence electrons. The van der Waals surface area contributed by atoms with Crippen molar-refractivity contribution in [2.24, 2.45) is 0 Å². The van der Waals surface area contributed by atoms with Crippen molar-refractivity contribution in [1.82, 2.24) is 25.9 Å². The topological polar surface area (TPSA) is 83.6 Å². The van der Waals surface area contributed by atoms with E-state index in [0.717, 1.165) is 0 Å². The zero-order valence-corrected chi connectivity index (χ0v) is 7.38. The number of rotatable bonds is 3. The van der Waals surface area contributed by atoms with Crippen LogP contribution in [0.25, 0.3) is 0 Å². The van der Waals surface area contributed by atoms with Crippen LogP contribution < -0.4 is 5.32 Å². The number of hydrogen-bond donors (Lipinski definition) is 3.